The van der Waals surface area contributed by atoms with Gasteiger partial charge < -0.3 is 10.5 Å². The molecule has 2 rings (SSSR count). The molecule has 0 aliphatic carbocycles. The van der Waals surface area contributed by atoms with Crippen LogP contribution in [0.1, 0.15) is 12.0 Å². The molecule has 1 saturated heterocycles. The van der Waals surface area contributed by atoms with Crippen molar-refractivity contribution in [3.63, 3.8) is 0 Å². The smallest absolute Gasteiger partial charge is 0.0534 e. The normalized spacial score (nSPS) is 22.4. The molecule has 72 valence electrons. The second kappa shape index (κ2) is 3.89. The predicted octanol–water partition coefficient (Wildman–Crippen LogP) is 0.378. The molecule has 0 saturated carbocycles. The second-order valence-corrected chi connectivity index (χ2v) is 3.50. The molecule has 0 aromatic carbocycles. The summed E-state index contributed by atoms with van der Waals surface area (Å²) in [7, 11) is 0. The Morgan fingerprint density at radius 3 is 3.23 bits per heavy atom. The van der Waals surface area contributed by atoms with Gasteiger partial charge in [0.1, 0.15) is 0 Å². The van der Waals surface area contributed by atoms with Crippen LogP contribution in [0, 0.1) is 5.92 Å². The topological polar surface area (TPSA) is 53.1 Å². The quantitative estimate of drug-likeness (QED) is 0.733. The Hall–Kier alpha value is -0.870. The molecule has 0 amide bonds. The van der Waals surface area contributed by atoms with E-state index in [0.717, 1.165) is 31.7 Å². The van der Waals surface area contributed by atoms with Crippen molar-refractivity contribution in [3.05, 3.63) is 18.0 Å². The van der Waals surface area contributed by atoms with Gasteiger partial charge >= 0.3 is 0 Å². The van der Waals surface area contributed by atoms with E-state index in [-0.39, 0.29) is 0 Å². The van der Waals surface area contributed by atoms with Gasteiger partial charge in [-0.3, -0.25) is 4.68 Å². The molecule has 4 heteroatoms. The van der Waals surface area contributed by atoms with Crippen LogP contribution in [0.3, 0.4) is 0 Å². The fraction of sp³-hybridized carbons (Fsp3) is 0.667. The molecule has 1 fully saturated rings. The van der Waals surface area contributed by atoms with Crippen LogP contribution >= 0.6 is 0 Å². The molecule has 0 spiro atoms. The number of ether oxygens (including phenoxy) is 1. The molecule has 1 aliphatic heterocycles. The highest BCUT2D eigenvalue weighted by atomic mass is 16.5. The van der Waals surface area contributed by atoms with Gasteiger partial charge in [0.15, 0.2) is 0 Å². The predicted molar refractivity (Wildman–Crippen MR) is 49.0 cm³/mol. The maximum absolute atomic E-state index is 5.49. The molecule has 1 aromatic heterocycles. The SMILES string of the molecule is NCc1cnn(C[C@H]2CCOC2)c1. The average molecular weight is 181 g/mol. The van der Waals surface area contributed by atoms with E-state index < -0.39 is 0 Å². The third-order valence-electron chi connectivity index (χ3n) is 2.39. The lowest BCUT2D eigenvalue weighted by molar-refractivity contribution is 0.181. The molecule has 0 radical (unpaired) electrons. The first-order valence-corrected chi connectivity index (χ1v) is 4.67. The Kier molecular flexibility index (Phi) is 2.61. The molecular weight excluding hydrogens is 166 g/mol. The average Bonchev–Trinajstić information content (AvgIpc) is 2.76. The number of rotatable bonds is 3. The Morgan fingerprint density at radius 2 is 2.62 bits per heavy atom. The number of hydrogen-bond acceptors (Lipinski definition) is 3. The second-order valence-electron chi connectivity index (χ2n) is 3.50. The zero-order valence-corrected chi connectivity index (χ0v) is 7.65. The lowest BCUT2D eigenvalue weighted by Crippen LogP contribution is -2.10. The van der Waals surface area contributed by atoms with Crippen LogP contribution < -0.4 is 5.73 Å². The van der Waals surface area contributed by atoms with Crippen molar-refractivity contribution in [2.45, 2.75) is 19.5 Å². The maximum Gasteiger partial charge on any atom is 0.0534 e. The standard InChI is InChI=1S/C9H15N3O/c10-3-9-4-11-12(6-9)5-8-1-2-13-7-8/h4,6,8H,1-3,5,7,10H2/t8-/m1/s1. The van der Waals surface area contributed by atoms with Crippen molar-refractivity contribution in [1.82, 2.24) is 9.78 Å². The van der Waals surface area contributed by atoms with Gasteiger partial charge in [0, 0.05) is 37.4 Å². The summed E-state index contributed by atoms with van der Waals surface area (Å²) in [5, 5.41) is 4.23. The van der Waals surface area contributed by atoms with E-state index in [1.807, 2.05) is 17.1 Å². The molecule has 1 aliphatic rings. The van der Waals surface area contributed by atoms with E-state index in [1.54, 1.807) is 0 Å². The van der Waals surface area contributed by atoms with Gasteiger partial charge in [-0.1, -0.05) is 0 Å². The molecular formula is C9H15N3O. The van der Waals surface area contributed by atoms with E-state index in [1.165, 1.54) is 0 Å². The Labute approximate surface area is 77.7 Å². The number of nitrogens with zero attached hydrogens (tertiary/aromatic N) is 2. The van der Waals surface area contributed by atoms with Gasteiger partial charge in [0.25, 0.3) is 0 Å². The van der Waals surface area contributed by atoms with E-state index in [0.29, 0.717) is 12.5 Å². The van der Waals surface area contributed by atoms with Crippen molar-refractivity contribution in [3.8, 4) is 0 Å². The van der Waals surface area contributed by atoms with Crippen molar-refractivity contribution in [2.75, 3.05) is 13.2 Å². The minimum atomic E-state index is 0.571. The fourth-order valence-corrected chi connectivity index (χ4v) is 1.60. The van der Waals surface area contributed by atoms with E-state index in [4.69, 9.17) is 10.5 Å². The molecule has 2 heterocycles. The number of nitrogens with two attached hydrogens (primary N) is 1. The van der Waals surface area contributed by atoms with E-state index >= 15 is 0 Å². The lowest BCUT2D eigenvalue weighted by Gasteiger charge is -2.06. The summed E-state index contributed by atoms with van der Waals surface area (Å²) in [6, 6.07) is 0. The minimum Gasteiger partial charge on any atom is -0.381 e. The van der Waals surface area contributed by atoms with Gasteiger partial charge in [-0.15, -0.1) is 0 Å². The van der Waals surface area contributed by atoms with Crippen LogP contribution in [0.2, 0.25) is 0 Å². The van der Waals surface area contributed by atoms with Crippen LogP contribution in [-0.2, 0) is 17.8 Å². The van der Waals surface area contributed by atoms with Crippen molar-refractivity contribution in [2.24, 2.45) is 11.7 Å². The molecule has 1 aromatic rings. The number of hydrogen-bond donors (Lipinski definition) is 1. The maximum atomic E-state index is 5.49. The van der Waals surface area contributed by atoms with Crippen LogP contribution in [-0.4, -0.2) is 23.0 Å². The van der Waals surface area contributed by atoms with Crippen LogP contribution in [0.5, 0.6) is 0 Å². The summed E-state index contributed by atoms with van der Waals surface area (Å²) >= 11 is 0. The Morgan fingerprint density at radius 1 is 1.69 bits per heavy atom. The summed E-state index contributed by atoms with van der Waals surface area (Å²) in [5.41, 5.74) is 6.59. The van der Waals surface area contributed by atoms with Crippen molar-refractivity contribution >= 4 is 0 Å². The lowest BCUT2D eigenvalue weighted by atomic mass is 10.1. The molecule has 4 nitrogen and oxygen atoms in total. The molecule has 0 bridgehead atoms. The zero-order valence-electron chi connectivity index (χ0n) is 7.65. The van der Waals surface area contributed by atoms with Gasteiger partial charge in [-0.2, -0.15) is 5.10 Å². The van der Waals surface area contributed by atoms with E-state index in [2.05, 4.69) is 5.10 Å². The summed E-state index contributed by atoms with van der Waals surface area (Å²) in [6.07, 6.45) is 4.99. The number of aromatic nitrogens is 2. The zero-order chi connectivity index (χ0) is 9.10. The third-order valence-corrected chi connectivity index (χ3v) is 2.39. The minimum absolute atomic E-state index is 0.571. The highest BCUT2D eigenvalue weighted by Gasteiger charge is 2.16. The van der Waals surface area contributed by atoms with Gasteiger partial charge in [0.2, 0.25) is 0 Å². The van der Waals surface area contributed by atoms with Crippen molar-refractivity contribution < 1.29 is 4.74 Å². The van der Waals surface area contributed by atoms with Gasteiger partial charge in [0.05, 0.1) is 12.8 Å². The van der Waals surface area contributed by atoms with Crippen LogP contribution in [0.4, 0.5) is 0 Å². The summed E-state index contributed by atoms with van der Waals surface area (Å²) in [4.78, 5) is 0. The highest BCUT2D eigenvalue weighted by molar-refractivity contribution is 5.02. The van der Waals surface area contributed by atoms with Crippen LogP contribution in [0.15, 0.2) is 12.4 Å². The summed E-state index contributed by atoms with van der Waals surface area (Å²) < 4.78 is 7.26. The van der Waals surface area contributed by atoms with Gasteiger partial charge in [-0.05, 0) is 6.42 Å². The van der Waals surface area contributed by atoms with Gasteiger partial charge in [-0.25, -0.2) is 0 Å². The highest BCUT2D eigenvalue weighted by Crippen LogP contribution is 2.14. The van der Waals surface area contributed by atoms with Crippen molar-refractivity contribution in [1.29, 1.82) is 0 Å². The van der Waals surface area contributed by atoms with E-state index in [9.17, 15) is 0 Å². The molecule has 2 N–H and O–H groups in total. The molecule has 1 atom stereocenters. The Bertz CT molecular complexity index is 266. The Balaban J connectivity index is 1.92. The van der Waals surface area contributed by atoms with Crippen LogP contribution in [0.25, 0.3) is 0 Å². The molecule has 13 heavy (non-hydrogen) atoms. The largest absolute Gasteiger partial charge is 0.381 e. The first kappa shape index (κ1) is 8.72. The first-order chi connectivity index (χ1) is 6.38. The third kappa shape index (κ3) is 2.08. The summed E-state index contributed by atoms with van der Waals surface area (Å²) in [5.74, 6) is 0.630. The first-order valence-electron chi connectivity index (χ1n) is 4.67. The monoisotopic (exact) mass is 181 g/mol. The fourth-order valence-electron chi connectivity index (χ4n) is 1.60. The molecule has 0 unspecified atom stereocenters. The summed E-state index contributed by atoms with van der Waals surface area (Å²) in [6.45, 7) is 3.30.